The van der Waals surface area contributed by atoms with Gasteiger partial charge in [-0.3, -0.25) is 4.72 Å². The molecule has 0 aliphatic rings. The fourth-order valence-electron chi connectivity index (χ4n) is 2.75. The molecule has 7 heteroatoms. The first-order valence-electron chi connectivity index (χ1n) is 8.88. The van der Waals surface area contributed by atoms with Gasteiger partial charge in [0.1, 0.15) is 11.6 Å². The van der Waals surface area contributed by atoms with Crippen LogP contribution in [-0.2, 0) is 10.0 Å². The predicted octanol–water partition coefficient (Wildman–Crippen LogP) is 4.76. The molecule has 0 atom stereocenters. The maximum absolute atomic E-state index is 12.5. The number of hydrogen-bond acceptors (Lipinski definition) is 5. The maximum Gasteiger partial charge on any atom is 0.263 e. The van der Waals surface area contributed by atoms with E-state index in [-0.39, 0.29) is 10.7 Å². The summed E-state index contributed by atoms with van der Waals surface area (Å²) in [5.41, 5.74) is 2.98. The first kappa shape index (κ1) is 19.7. The number of sulfonamides is 1. The highest BCUT2D eigenvalue weighted by Crippen LogP contribution is 2.27. The Morgan fingerprint density at radius 3 is 2.29 bits per heavy atom. The van der Waals surface area contributed by atoms with Crippen LogP contribution in [0.3, 0.4) is 0 Å². The molecule has 1 heterocycles. The lowest BCUT2D eigenvalue weighted by Gasteiger charge is -2.14. The first-order valence-corrected chi connectivity index (χ1v) is 10.4. The van der Waals surface area contributed by atoms with E-state index in [2.05, 4.69) is 34.9 Å². The third-order valence-electron chi connectivity index (χ3n) is 4.23. The summed E-state index contributed by atoms with van der Waals surface area (Å²) in [6.45, 7) is 4.27. The molecule has 0 aliphatic carbocycles. The van der Waals surface area contributed by atoms with Gasteiger partial charge < -0.3 is 10.1 Å². The van der Waals surface area contributed by atoms with Gasteiger partial charge in [-0.15, -0.1) is 0 Å². The molecule has 6 nitrogen and oxygen atoms in total. The Labute approximate surface area is 165 Å². The molecule has 0 amide bonds. The number of rotatable bonds is 7. The number of methoxy groups -OCH3 is 1. The Kier molecular flexibility index (Phi) is 5.84. The molecule has 2 N–H and O–H groups in total. The van der Waals surface area contributed by atoms with Crippen molar-refractivity contribution >= 4 is 27.2 Å². The van der Waals surface area contributed by atoms with Crippen molar-refractivity contribution in [2.75, 3.05) is 17.1 Å². The molecule has 3 rings (SSSR count). The van der Waals surface area contributed by atoms with Gasteiger partial charge in [0.2, 0.25) is 0 Å². The lowest BCUT2D eigenvalue weighted by molar-refractivity contribution is 0.414. The first-order chi connectivity index (χ1) is 13.4. The van der Waals surface area contributed by atoms with Gasteiger partial charge in [0.15, 0.2) is 0 Å². The van der Waals surface area contributed by atoms with Gasteiger partial charge in [0.25, 0.3) is 10.0 Å². The molecule has 28 heavy (non-hydrogen) atoms. The fraction of sp³-hybridized carbons (Fsp3) is 0.190. The van der Waals surface area contributed by atoms with Crippen LogP contribution in [-0.4, -0.2) is 20.5 Å². The summed E-state index contributed by atoms with van der Waals surface area (Å²) in [7, 11) is -2.19. The van der Waals surface area contributed by atoms with Gasteiger partial charge in [-0.05, 0) is 53.9 Å². The van der Waals surface area contributed by atoms with E-state index in [4.69, 9.17) is 4.74 Å². The molecule has 0 aliphatic heterocycles. The van der Waals surface area contributed by atoms with Gasteiger partial charge >= 0.3 is 0 Å². The molecular formula is C21H23N3O3S. The number of aromatic nitrogens is 1. The predicted molar refractivity (Wildman–Crippen MR) is 112 cm³/mol. The molecule has 2 aromatic carbocycles. The van der Waals surface area contributed by atoms with Crippen molar-refractivity contribution in [3.05, 3.63) is 72.4 Å². The normalized spacial score (nSPS) is 11.3. The molecule has 0 fully saturated rings. The third-order valence-corrected chi connectivity index (χ3v) is 5.60. The molecular weight excluding hydrogens is 374 g/mol. The van der Waals surface area contributed by atoms with Crippen molar-refractivity contribution in [1.82, 2.24) is 4.98 Å². The van der Waals surface area contributed by atoms with E-state index in [9.17, 15) is 8.42 Å². The van der Waals surface area contributed by atoms with Gasteiger partial charge in [-0.25, -0.2) is 13.4 Å². The Balaban J connectivity index is 1.74. The lowest BCUT2D eigenvalue weighted by Crippen LogP contribution is -2.13. The highest BCUT2D eigenvalue weighted by molar-refractivity contribution is 7.92. The molecule has 146 valence electrons. The summed E-state index contributed by atoms with van der Waals surface area (Å²) in [4.78, 5) is 4.36. The van der Waals surface area contributed by atoms with Gasteiger partial charge in [0.05, 0.1) is 23.9 Å². The molecule has 0 radical (unpaired) electrons. The van der Waals surface area contributed by atoms with Crippen LogP contribution in [0.2, 0.25) is 0 Å². The van der Waals surface area contributed by atoms with E-state index in [0.717, 1.165) is 11.4 Å². The smallest absolute Gasteiger partial charge is 0.263 e. The summed E-state index contributed by atoms with van der Waals surface area (Å²) < 4.78 is 32.5. The van der Waals surface area contributed by atoms with Gasteiger partial charge in [0, 0.05) is 5.69 Å². The number of anilines is 3. The Morgan fingerprint density at radius 1 is 0.964 bits per heavy atom. The number of ether oxygens (including phenoxy) is 1. The zero-order valence-corrected chi connectivity index (χ0v) is 16.8. The van der Waals surface area contributed by atoms with Crippen LogP contribution >= 0.6 is 0 Å². The van der Waals surface area contributed by atoms with Crippen LogP contribution in [0.15, 0.2) is 71.8 Å². The summed E-state index contributed by atoms with van der Waals surface area (Å²) >= 11 is 0. The third kappa shape index (κ3) is 4.61. The second-order valence-electron chi connectivity index (χ2n) is 6.58. The Bertz CT molecular complexity index is 1030. The summed E-state index contributed by atoms with van der Waals surface area (Å²) in [6.07, 6.45) is 1.60. The molecule has 0 spiro atoms. The monoisotopic (exact) mass is 397 g/mol. The van der Waals surface area contributed by atoms with E-state index < -0.39 is 10.0 Å². The van der Waals surface area contributed by atoms with Crippen LogP contribution in [0.1, 0.15) is 25.3 Å². The molecule has 1 aromatic heterocycles. The molecule has 3 aromatic rings. The van der Waals surface area contributed by atoms with Crippen LogP contribution in [0, 0.1) is 0 Å². The second-order valence-corrected chi connectivity index (χ2v) is 8.26. The largest absolute Gasteiger partial charge is 0.497 e. The summed E-state index contributed by atoms with van der Waals surface area (Å²) in [6, 6.07) is 17.7. The zero-order chi connectivity index (χ0) is 20.1. The van der Waals surface area contributed by atoms with Crippen molar-refractivity contribution in [2.45, 2.75) is 24.7 Å². The van der Waals surface area contributed by atoms with Crippen LogP contribution in [0.5, 0.6) is 5.75 Å². The van der Waals surface area contributed by atoms with E-state index in [1.807, 2.05) is 18.2 Å². The van der Waals surface area contributed by atoms with Crippen molar-refractivity contribution in [2.24, 2.45) is 0 Å². The number of para-hydroxylation sites is 1. The topological polar surface area (TPSA) is 80.3 Å². The number of benzene rings is 2. The molecule has 0 bridgehead atoms. The quantitative estimate of drug-likeness (QED) is 0.601. The number of nitrogens with one attached hydrogen (secondary N) is 2. The summed E-state index contributed by atoms with van der Waals surface area (Å²) in [5.74, 6) is 1.22. The summed E-state index contributed by atoms with van der Waals surface area (Å²) in [5, 5.41) is 3.33. The second kappa shape index (κ2) is 8.31. The van der Waals surface area contributed by atoms with Gasteiger partial charge in [-0.2, -0.15) is 0 Å². The SMILES string of the molecule is COc1ccc(S(=O)(=O)Nc2ccc(Nc3ccccc3C(C)C)cn2)cc1. The zero-order valence-electron chi connectivity index (χ0n) is 16.0. The van der Waals surface area contributed by atoms with E-state index in [0.29, 0.717) is 11.7 Å². The minimum atomic E-state index is -3.72. The Morgan fingerprint density at radius 2 is 1.68 bits per heavy atom. The van der Waals surface area contributed by atoms with Crippen molar-refractivity contribution in [3.63, 3.8) is 0 Å². The maximum atomic E-state index is 12.5. The average molecular weight is 398 g/mol. The van der Waals surface area contributed by atoms with Crippen molar-refractivity contribution in [3.8, 4) is 5.75 Å². The minimum absolute atomic E-state index is 0.142. The standard InChI is InChI=1S/C21H23N3O3S/c1-15(2)19-6-4-5-7-20(19)23-16-8-13-21(22-14-16)24-28(25,26)18-11-9-17(27-3)10-12-18/h4-15,23H,1-3H3,(H,22,24). The van der Waals surface area contributed by atoms with Crippen LogP contribution in [0.4, 0.5) is 17.2 Å². The van der Waals surface area contributed by atoms with Crippen molar-refractivity contribution < 1.29 is 13.2 Å². The van der Waals surface area contributed by atoms with Crippen molar-refractivity contribution in [1.29, 1.82) is 0 Å². The average Bonchev–Trinajstić information content (AvgIpc) is 2.69. The Hall–Kier alpha value is -3.06. The van der Waals surface area contributed by atoms with E-state index in [1.165, 1.54) is 24.8 Å². The minimum Gasteiger partial charge on any atom is -0.497 e. The van der Waals surface area contributed by atoms with Crippen LogP contribution in [0.25, 0.3) is 0 Å². The van der Waals surface area contributed by atoms with Gasteiger partial charge in [-0.1, -0.05) is 32.0 Å². The van der Waals surface area contributed by atoms with Crippen LogP contribution < -0.4 is 14.8 Å². The number of nitrogens with zero attached hydrogens (tertiary/aromatic N) is 1. The van der Waals surface area contributed by atoms with E-state index >= 15 is 0 Å². The lowest BCUT2D eigenvalue weighted by atomic mass is 10.0. The number of pyridine rings is 1. The number of hydrogen-bond donors (Lipinski definition) is 2. The molecule has 0 saturated heterocycles. The fourth-order valence-corrected chi connectivity index (χ4v) is 3.76. The molecule has 0 saturated carbocycles. The molecule has 0 unspecified atom stereocenters. The highest BCUT2D eigenvalue weighted by atomic mass is 32.2. The van der Waals surface area contributed by atoms with E-state index in [1.54, 1.807) is 30.5 Å². The highest BCUT2D eigenvalue weighted by Gasteiger charge is 2.15.